The summed E-state index contributed by atoms with van der Waals surface area (Å²) in [4.78, 5) is 23.1. The van der Waals surface area contributed by atoms with Crippen molar-refractivity contribution in [3.05, 3.63) is 48.2 Å². The molecule has 0 spiro atoms. The molecule has 0 radical (unpaired) electrons. The maximum absolute atomic E-state index is 12.0. The summed E-state index contributed by atoms with van der Waals surface area (Å²) in [6.45, 7) is 2.81. The SMILES string of the molecule is O=C(CSc1nccc(N2CCCC2)n1)NCCCc1ccccc1. The van der Waals surface area contributed by atoms with E-state index in [0.717, 1.165) is 31.7 Å². The summed E-state index contributed by atoms with van der Waals surface area (Å²) in [5.41, 5.74) is 1.30. The maximum Gasteiger partial charge on any atom is 0.230 e. The van der Waals surface area contributed by atoms with Crippen LogP contribution in [0.3, 0.4) is 0 Å². The molecule has 1 amide bonds. The van der Waals surface area contributed by atoms with E-state index < -0.39 is 0 Å². The van der Waals surface area contributed by atoms with Gasteiger partial charge in [0.25, 0.3) is 0 Å². The Morgan fingerprint density at radius 1 is 1.16 bits per heavy atom. The van der Waals surface area contributed by atoms with Crippen LogP contribution in [0.1, 0.15) is 24.8 Å². The minimum atomic E-state index is 0.0354. The van der Waals surface area contributed by atoms with Gasteiger partial charge in [-0.2, -0.15) is 0 Å². The number of aryl methyl sites for hydroxylation is 1. The fourth-order valence-electron chi connectivity index (χ4n) is 2.87. The van der Waals surface area contributed by atoms with E-state index in [0.29, 0.717) is 17.5 Å². The molecule has 0 atom stereocenters. The Hall–Kier alpha value is -2.08. The molecule has 5 nitrogen and oxygen atoms in total. The fourth-order valence-corrected chi connectivity index (χ4v) is 3.53. The van der Waals surface area contributed by atoms with Gasteiger partial charge in [-0.15, -0.1) is 0 Å². The van der Waals surface area contributed by atoms with Crippen molar-refractivity contribution < 1.29 is 4.79 Å². The number of amides is 1. The van der Waals surface area contributed by atoms with Crippen LogP contribution in [-0.4, -0.2) is 41.3 Å². The molecule has 0 saturated carbocycles. The van der Waals surface area contributed by atoms with Crippen LogP contribution in [0.5, 0.6) is 0 Å². The van der Waals surface area contributed by atoms with Gasteiger partial charge in [-0.25, -0.2) is 9.97 Å². The van der Waals surface area contributed by atoms with Gasteiger partial charge in [-0.3, -0.25) is 4.79 Å². The number of nitrogens with one attached hydrogen (secondary N) is 1. The van der Waals surface area contributed by atoms with Crippen molar-refractivity contribution in [1.29, 1.82) is 0 Å². The summed E-state index contributed by atoms with van der Waals surface area (Å²) >= 11 is 1.39. The van der Waals surface area contributed by atoms with Gasteiger partial charge in [0.2, 0.25) is 5.91 Å². The van der Waals surface area contributed by atoms with Gasteiger partial charge in [-0.05, 0) is 37.3 Å². The zero-order valence-electron chi connectivity index (χ0n) is 14.4. The number of hydrogen-bond donors (Lipinski definition) is 1. The zero-order chi connectivity index (χ0) is 17.3. The van der Waals surface area contributed by atoms with E-state index in [-0.39, 0.29) is 5.91 Å². The Morgan fingerprint density at radius 3 is 2.76 bits per heavy atom. The topological polar surface area (TPSA) is 58.1 Å². The summed E-state index contributed by atoms with van der Waals surface area (Å²) in [5, 5.41) is 3.64. The number of carbonyl (C=O) groups is 1. The Kier molecular flexibility index (Phi) is 6.68. The molecule has 0 bridgehead atoms. The number of hydrogen-bond acceptors (Lipinski definition) is 5. The highest BCUT2D eigenvalue weighted by molar-refractivity contribution is 7.99. The lowest BCUT2D eigenvalue weighted by Crippen LogP contribution is -2.26. The van der Waals surface area contributed by atoms with Crippen LogP contribution in [0.4, 0.5) is 5.82 Å². The van der Waals surface area contributed by atoms with Crippen molar-refractivity contribution in [2.24, 2.45) is 0 Å². The third kappa shape index (κ3) is 5.74. The van der Waals surface area contributed by atoms with Crippen molar-refractivity contribution in [3.63, 3.8) is 0 Å². The molecule has 1 N–H and O–H groups in total. The normalized spacial score (nSPS) is 13.8. The van der Waals surface area contributed by atoms with E-state index in [1.54, 1.807) is 6.20 Å². The third-order valence-corrected chi connectivity index (χ3v) is 5.05. The molecule has 0 aliphatic carbocycles. The Balaban J connectivity index is 1.36. The van der Waals surface area contributed by atoms with Crippen LogP contribution in [0.25, 0.3) is 0 Å². The predicted molar refractivity (Wildman–Crippen MR) is 102 cm³/mol. The lowest BCUT2D eigenvalue weighted by atomic mass is 10.1. The van der Waals surface area contributed by atoms with Gasteiger partial charge in [-0.1, -0.05) is 42.1 Å². The summed E-state index contributed by atoms with van der Waals surface area (Å²) in [6.07, 6.45) is 6.15. The van der Waals surface area contributed by atoms with E-state index in [2.05, 4.69) is 32.3 Å². The molecule has 1 aliphatic heterocycles. The first-order valence-corrected chi connectivity index (χ1v) is 9.81. The van der Waals surface area contributed by atoms with Crippen molar-refractivity contribution in [1.82, 2.24) is 15.3 Å². The Bertz CT molecular complexity index is 674. The van der Waals surface area contributed by atoms with Crippen LogP contribution in [0.15, 0.2) is 47.8 Å². The number of anilines is 1. The van der Waals surface area contributed by atoms with Gasteiger partial charge < -0.3 is 10.2 Å². The predicted octanol–water partition coefficient (Wildman–Crippen LogP) is 2.92. The molecule has 25 heavy (non-hydrogen) atoms. The van der Waals surface area contributed by atoms with Crippen LogP contribution in [0.2, 0.25) is 0 Å². The van der Waals surface area contributed by atoms with Crippen LogP contribution in [0, 0.1) is 0 Å². The summed E-state index contributed by atoms with van der Waals surface area (Å²) in [7, 11) is 0. The molecular formula is C19H24N4OS. The van der Waals surface area contributed by atoms with Crippen molar-refractivity contribution in [2.75, 3.05) is 30.3 Å². The van der Waals surface area contributed by atoms with E-state index in [9.17, 15) is 4.79 Å². The van der Waals surface area contributed by atoms with Crippen LogP contribution < -0.4 is 10.2 Å². The minimum absolute atomic E-state index is 0.0354. The first-order valence-electron chi connectivity index (χ1n) is 8.83. The molecule has 2 heterocycles. The van der Waals surface area contributed by atoms with Gasteiger partial charge in [0.05, 0.1) is 5.75 Å². The highest BCUT2D eigenvalue weighted by Crippen LogP contribution is 2.20. The van der Waals surface area contributed by atoms with Crippen molar-refractivity contribution >= 4 is 23.5 Å². The largest absolute Gasteiger partial charge is 0.356 e. The summed E-state index contributed by atoms with van der Waals surface area (Å²) in [6, 6.07) is 12.3. The number of benzene rings is 1. The molecule has 6 heteroatoms. The average molecular weight is 356 g/mol. The second kappa shape index (κ2) is 9.42. The summed E-state index contributed by atoms with van der Waals surface area (Å²) in [5.74, 6) is 1.36. The minimum Gasteiger partial charge on any atom is -0.356 e. The molecule has 2 aromatic rings. The van der Waals surface area contributed by atoms with Gasteiger partial charge in [0.1, 0.15) is 5.82 Å². The number of aromatic nitrogens is 2. The van der Waals surface area contributed by atoms with E-state index in [1.807, 2.05) is 24.3 Å². The third-order valence-electron chi connectivity index (χ3n) is 4.19. The monoisotopic (exact) mass is 356 g/mol. The highest BCUT2D eigenvalue weighted by Gasteiger charge is 2.14. The number of nitrogens with zero attached hydrogens (tertiary/aromatic N) is 3. The lowest BCUT2D eigenvalue weighted by molar-refractivity contribution is -0.118. The second-order valence-electron chi connectivity index (χ2n) is 6.12. The standard InChI is InChI=1S/C19H24N4OS/c24-18(20-11-6-9-16-7-2-1-3-8-16)15-25-19-21-12-10-17(22-19)23-13-4-5-14-23/h1-3,7-8,10,12H,4-6,9,11,13-15H2,(H,20,24). The smallest absolute Gasteiger partial charge is 0.230 e. The van der Waals surface area contributed by atoms with Crippen LogP contribution in [-0.2, 0) is 11.2 Å². The molecular weight excluding hydrogens is 332 g/mol. The molecule has 1 aromatic carbocycles. The van der Waals surface area contributed by atoms with Crippen molar-refractivity contribution in [3.8, 4) is 0 Å². The van der Waals surface area contributed by atoms with Crippen molar-refractivity contribution in [2.45, 2.75) is 30.8 Å². The quantitative estimate of drug-likeness (QED) is 0.448. The Labute approximate surface area is 153 Å². The van der Waals surface area contributed by atoms with Gasteiger partial charge in [0.15, 0.2) is 5.16 Å². The Morgan fingerprint density at radius 2 is 1.96 bits per heavy atom. The lowest BCUT2D eigenvalue weighted by Gasteiger charge is -2.16. The number of carbonyl (C=O) groups excluding carboxylic acids is 1. The molecule has 1 aliphatic rings. The first kappa shape index (κ1) is 17.7. The highest BCUT2D eigenvalue weighted by atomic mass is 32.2. The van der Waals surface area contributed by atoms with Gasteiger partial charge in [0, 0.05) is 25.8 Å². The fraction of sp³-hybridized carbons (Fsp3) is 0.421. The molecule has 0 unspecified atom stereocenters. The molecule has 132 valence electrons. The number of rotatable bonds is 8. The van der Waals surface area contributed by atoms with E-state index in [4.69, 9.17) is 0 Å². The second-order valence-corrected chi connectivity index (χ2v) is 7.06. The molecule has 1 aromatic heterocycles. The van der Waals surface area contributed by atoms with E-state index >= 15 is 0 Å². The van der Waals surface area contributed by atoms with Crippen LogP contribution >= 0.6 is 11.8 Å². The van der Waals surface area contributed by atoms with E-state index in [1.165, 1.54) is 30.2 Å². The summed E-state index contributed by atoms with van der Waals surface area (Å²) < 4.78 is 0. The molecule has 3 rings (SSSR count). The maximum atomic E-state index is 12.0. The zero-order valence-corrected chi connectivity index (χ0v) is 15.2. The molecule has 1 saturated heterocycles. The number of thioether (sulfide) groups is 1. The first-order chi connectivity index (χ1) is 12.3. The average Bonchev–Trinajstić information content (AvgIpc) is 3.19. The molecule has 1 fully saturated rings. The van der Waals surface area contributed by atoms with Gasteiger partial charge >= 0.3 is 0 Å².